The average Bonchev–Trinajstić information content (AvgIpc) is 2.88. The van der Waals surface area contributed by atoms with Gasteiger partial charge in [-0.15, -0.1) is 0 Å². The van der Waals surface area contributed by atoms with Crippen LogP contribution in [0.3, 0.4) is 0 Å². The van der Waals surface area contributed by atoms with E-state index in [0.29, 0.717) is 6.04 Å². The lowest BCUT2D eigenvalue weighted by Crippen LogP contribution is -2.37. The van der Waals surface area contributed by atoms with Gasteiger partial charge in [0.1, 0.15) is 6.04 Å². The van der Waals surface area contributed by atoms with Gasteiger partial charge in [-0.05, 0) is 42.4 Å². The highest BCUT2D eigenvalue weighted by molar-refractivity contribution is 14.1. The molecule has 0 aromatic carbocycles. The normalized spacial score (nSPS) is 18.6. The number of nitrogens with zero attached hydrogens (tertiary/aromatic N) is 2. The third kappa shape index (κ3) is 2.75. The lowest BCUT2D eigenvalue weighted by atomic mass is 10.2. The van der Waals surface area contributed by atoms with Gasteiger partial charge in [0.15, 0.2) is 0 Å². The molecule has 0 saturated heterocycles. The third-order valence-corrected chi connectivity index (χ3v) is 3.60. The molecule has 1 atom stereocenters. The third-order valence-electron chi connectivity index (χ3n) is 3.05. The maximum atomic E-state index is 11.9. The summed E-state index contributed by atoms with van der Waals surface area (Å²) >= 11 is 2.19. The summed E-state index contributed by atoms with van der Waals surface area (Å²) in [4.78, 5) is 11.9. The Labute approximate surface area is 109 Å². The van der Waals surface area contributed by atoms with Crippen molar-refractivity contribution in [2.45, 2.75) is 44.7 Å². The van der Waals surface area contributed by atoms with Gasteiger partial charge in [0.05, 0.1) is 9.77 Å². The number of rotatable bonds is 3. The zero-order valence-electron chi connectivity index (χ0n) is 9.32. The van der Waals surface area contributed by atoms with Crippen molar-refractivity contribution in [2.75, 3.05) is 0 Å². The first kappa shape index (κ1) is 11.9. The summed E-state index contributed by atoms with van der Waals surface area (Å²) in [6.45, 7) is 1.88. The first-order valence-electron chi connectivity index (χ1n) is 5.67. The molecule has 1 aromatic heterocycles. The van der Waals surface area contributed by atoms with Crippen molar-refractivity contribution in [3.05, 3.63) is 16.0 Å². The van der Waals surface area contributed by atoms with E-state index in [4.69, 9.17) is 0 Å². The number of halogens is 1. The Bertz CT molecular complexity index is 371. The Hall–Kier alpha value is -0.590. The van der Waals surface area contributed by atoms with Crippen molar-refractivity contribution in [3.8, 4) is 0 Å². The number of aromatic nitrogens is 2. The van der Waals surface area contributed by atoms with Crippen molar-refractivity contribution < 1.29 is 4.79 Å². The molecule has 4 nitrogen and oxygen atoms in total. The summed E-state index contributed by atoms with van der Waals surface area (Å²) in [5.74, 6) is 0.0754. The number of hydrogen-bond acceptors (Lipinski definition) is 2. The maximum absolute atomic E-state index is 11.9. The van der Waals surface area contributed by atoms with Crippen LogP contribution in [0.4, 0.5) is 0 Å². The molecule has 2 rings (SSSR count). The Kier molecular flexibility index (Phi) is 3.83. The Morgan fingerprint density at radius 3 is 2.88 bits per heavy atom. The summed E-state index contributed by atoms with van der Waals surface area (Å²) in [6, 6.07) is 0.161. The first-order chi connectivity index (χ1) is 7.66. The van der Waals surface area contributed by atoms with Crippen LogP contribution < -0.4 is 5.32 Å². The molecule has 1 aliphatic carbocycles. The molecule has 1 amide bonds. The van der Waals surface area contributed by atoms with Gasteiger partial charge < -0.3 is 5.32 Å². The largest absolute Gasteiger partial charge is 0.352 e. The average molecular weight is 333 g/mol. The lowest BCUT2D eigenvalue weighted by Gasteiger charge is -2.16. The van der Waals surface area contributed by atoms with Gasteiger partial charge >= 0.3 is 0 Å². The molecule has 16 heavy (non-hydrogen) atoms. The molecule has 88 valence electrons. The number of amides is 1. The van der Waals surface area contributed by atoms with Crippen LogP contribution in [0.25, 0.3) is 0 Å². The van der Waals surface area contributed by atoms with Gasteiger partial charge in [-0.1, -0.05) is 12.8 Å². The predicted molar refractivity (Wildman–Crippen MR) is 70.1 cm³/mol. The lowest BCUT2D eigenvalue weighted by molar-refractivity contribution is -0.124. The van der Waals surface area contributed by atoms with Gasteiger partial charge in [-0.2, -0.15) is 5.10 Å². The summed E-state index contributed by atoms with van der Waals surface area (Å²) < 4.78 is 2.77. The molecule has 5 heteroatoms. The van der Waals surface area contributed by atoms with Crippen molar-refractivity contribution in [2.24, 2.45) is 0 Å². The highest BCUT2D eigenvalue weighted by Crippen LogP contribution is 2.18. The first-order valence-corrected chi connectivity index (χ1v) is 6.74. The van der Waals surface area contributed by atoms with E-state index in [9.17, 15) is 4.79 Å². The van der Waals surface area contributed by atoms with Gasteiger partial charge in [-0.25, -0.2) is 0 Å². The fourth-order valence-electron chi connectivity index (χ4n) is 2.04. The van der Waals surface area contributed by atoms with E-state index in [1.807, 2.05) is 13.1 Å². The van der Waals surface area contributed by atoms with Crippen molar-refractivity contribution in [3.63, 3.8) is 0 Å². The van der Waals surface area contributed by atoms with E-state index in [2.05, 4.69) is 33.0 Å². The van der Waals surface area contributed by atoms with Crippen LogP contribution in [0.15, 0.2) is 12.4 Å². The minimum Gasteiger partial charge on any atom is -0.352 e. The van der Waals surface area contributed by atoms with Crippen molar-refractivity contribution in [1.29, 1.82) is 0 Å². The molecular formula is C11H16IN3O. The molecule has 1 aromatic rings. The zero-order valence-corrected chi connectivity index (χ0v) is 11.5. The number of hydrogen-bond donors (Lipinski definition) is 1. The monoisotopic (exact) mass is 333 g/mol. The van der Waals surface area contributed by atoms with Crippen LogP contribution in [0.2, 0.25) is 0 Å². The van der Waals surface area contributed by atoms with Gasteiger partial charge in [-0.3, -0.25) is 9.48 Å². The van der Waals surface area contributed by atoms with Gasteiger partial charge in [0, 0.05) is 12.2 Å². The summed E-state index contributed by atoms with van der Waals surface area (Å²) in [7, 11) is 0. The predicted octanol–water partition coefficient (Wildman–Crippen LogP) is 2.11. The van der Waals surface area contributed by atoms with E-state index in [1.165, 1.54) is 12.8 Å². The molecule has 0 spiro atoms. The molecule has 1 saturated carbocycles. The highest BCUT2D eigenvalue weighted by Gasteiger charge is 2.21. The maximum Gasteiger partial charge on any atom is 0.244 e. The number of carbonyl (C=O) groups excluding carboxylic acids is 1. The van der Waals surface area contributed by atoms with Crippen LogP contribution in [0.1, 0.15) is 38.6 Å². The highest BCUT2D eigenvalue weighted by atomic mass is 127. The van der Waals surface area contributed by atoms with E-state index in [0.717, 1.165) is 16.4 Å². The number of nitrogens with one attached hydrogen (secondary N) is 1. The fourth-order valence-corrected chi connectivity index (χ4v) is 2.45. The standard InChI is InChI=1S/C11H16IN3O/c1-8(15-7-9(12)6-13-15)11(16)14-10-4-2-3-5-10/h6-8,10H,2-5H2,1H3,(H,14,16)/t8-/m0/s1. The van der Waals surface area contributed by atoms with E-state index >= 15 is 0 Å². The van der Waals surface area contributed by atoms with Crippen molar-refractivity contribution in [1.82, 2.24) is 15.1 Å². The van der Waals surface area contributed by atoms with E-state index in [-0.39, 0.29) is 11.9 Å². The van der Waals surface area contributed by atoms with Crippen molar-refractivity contribution >= 4 is 28.5 Å². The minimum absolute atomic E-state index is 0.0754. The van der Waals surface area contributed by atoms with Crippen LogP contribution in [0, 0.1) is 3.57 Å². The second kappa shape index (κ2) is 5.16. The fraction of sp³-hybridized carbons (Fsp3) is 0.636. The molecule has 1 fully saturated rings. The number of carbonyl (C=O) groups is 1. The molecule has 0 aliphatic heterocycles. The molecule has 0 bridgehead atoms. The topological polar surface area (TPSA) is 46.9 Å². The van der Waals surface area contributed by atoms with Crippen LogP contribution in [-0.2, 0) is 4.79 Å². The molecular weight excluding hydrogens is 317 g/mol. The van der Waals surface area contributed by atoms with E-state index < -0.39 is 0 Å². The SMILES string of the molecule is C[C@@H](C(=O)NC1CCCC1)n1cc(I)cn1. The summed E-state index contributed by atoms with van der Waals surface area (Å²) in [5.41, 5.74) is 0. The summed E-state index contributed by atoms with van der Waals surface area (Å²) in [6.07, 6.45) is 8.36. The summed E-state index contributed by atoms with van der Waals surface area (Å²) in [5, 5.41) is 7.24. The quantitative estimate of drug-likeness (QED) is 0.862. The minimum atomic E-state index is -0.218. The van der Waals surface area contributed by atoms with Gasteiger partial charge in [0.25, 0.3) is 0 Å². The second-order valence-electron chi connectivity index (χ2n) is 4.30. The zero-order chi connectivity index (χ0) is 11.5. The van der Waals surface area contributed by atoms with Crippen LogP contribution in [0.5, 0.6) is 0 Å². The van der Waals surface area contributed by atoms with Crippen LogP contribution >= 0.6 is 22.6 Å². The Morgan fingerprint density at radius 1 is 1.62 bits per heavy atom. The smallest absolute Gasteiger partial charge is 0.244 e. The van der Waals surface area contributed by atoms with Gasteiger partial charge in [0.2, 0.25) is 5.91 Å². The Morgan fingerprint density at radius 2 is 2.31 bits per heavy atom. The second-order valence-corrected chi connectivity index (χ2v) is 5.55. The van der Waals surface area contributed by atoms with Crippen LogP contribution in [-0.4, -0.2) is 21.7 Å². The molecule has 1 N–H and O–H groups in total. The Balaban J connectivity index is 1.93. The molecule has 0 radical (unpaired) electrons. The molecule has 1 aliphatic rings. The molecule has 0 unspecified atom stereocenters. The van der Waals surface area contributed by atoms with E-state index in [1.54, 1.807) is 10.9 Å². The molecule has 1 heterocycles.